The number of ether oxygens (including phenoxy) is 3. The Morgan fingerprint density at radius 3 is 2.32 bits per heavy atom. The molecule has 1 unspecified atom stereocenters. The fourth-order valence-electron chi connectivity index (χ4n) is 4.73. The molecule has 0 saturated carbocycles. The summed E-state index contributed by atoms with van der Waals surface area (Å²) in [5, 5.41) is 34.8. The fraction of sp³-hybridized carbons (Fsp3) is 0.429. The Hall–Kier alpha value is -2.64. The standard InChI is InChI=1S/C21H25NO6/c1-22(25)8-7-12-10-15(26-2)19(24)18-16(12)13(22)6-5-11-9-14(23)20(27-3)21(28-4)17(11)18/h9-10,13,23-24H,5-8H2,1-4H3/t13-,22?/m0/s1. The highest BCUT2D eigenvalue weighted by Crippen LogP contribution is 2.57. The first-order valence-corrected chi connectivity index (χ1v) is 9.30. The minimum atomic E-state index is -0.398. The van der Waals surface area contributed by atoms with Crippen molar-refractivity contribution in [3.8, 4) is 39.9 Å². The van der Waals surface area contributed by atoms with Gasteiger partial charge in [0, 0.05) is 29.5 Å². The smallest absolute Gasteiger partial charge is 0.203 e. The number of likely N-dealkylation sites (N-methyl/N-ethyl adjacent to an activating group) is 1. The minimum absolute atomic E-state index is 0.0256. The third kappa shape index (κ3) is 2.50. The van der Waals surface area contributed by atoms with E-state index in [0.29, 0.717) is 48.4 Å². The van der Waals surface area contributed by atoms with Crippen LogP contribution in [0.5, 0.6) is 28.7 Å². The predicted molar refractivity (Wildman–Crippen MR) is 104 cm³/mol. The molecule has 1 aliphatic carbocycles. The largest absolute Gasteiger partial charge is 0.633 e. The number of rotatable bonds is 3. The predicted octanol–water partition coefficient (Wildman–Crippen LogP) is 3.28. The van der Waals surface area contributed by atoms with Crippen LogP contribution >= 0.6 is 0 Å². The average Bonchev–Trinajstić information content (AvgIpc) is 2.84. The molecule has 2 aromatic rings. The normalized spacial score (nSPS) is 22.7. The molecule has 7 nitrogen and oxygen atoms in total. The van der Waals surface area contributed by atoms with Crippen LogP contribution in [0.2, 0.25) is 0 Å². The lowest BCUT2D eigenvalue weighted by atomic mass is 9.85. The monoisotopic (exact) mass is 387 g/mol. The van der Waals surface area contributed by atoms with E-state index in [-0.39, 0.29) is 23.3 Å². The molecule has 2 N–H and O–H groups in total. The number of methoxy groups -OCH3 is 3. The maximum absolute atomic E-state index is 13.3. The number of phenolic OH excluding ortho intramolecular Hbond substituents is 2. The van der Waals surface area contributed by atoms with E-state index in [1.807, 2.05) is 6.07 Å². The van der Waals surface area contributed by atoms with Crippen LogP contribution in [0.3, 0.4) is 0 Å². The molecule has 0 spiro atoms. The fourth-order valence-corrected chi connectivity index (χ4v) is 4.73. The number of phenols is 2. The molecule has 0 radical (unpaired) electrons. The third-order valence-electron chi connectivity index (χ3n) is 6.07. The number of fused-ring (bicyclic) bond motifs is 2. The summed E-state index contributed by atoms with van der Waals surface area (Å²) >= 11 is 0. The lowest BCUT2D eigenvalue weighted by Crippen LogP contribution is -2.46. The molecule has 2 atom stereocenters. The number of quaternary nitrogens is 1. The van der Waals surface area contributed by atoms with Crippen LogP contribution in [-0.4, -0.2) is 49.8 Å². The molecule has 4 rings (SSSR count). The zero-order chi connectivity index (χ0) is 20.2. The van der Waals surface area contributed by atoms with Crippen LogP contribution in [0.4, 0.5) is 0 Å². The molecular weight excluding hydrogens is 362 g/mol. The molecule has 0 bridgehead atoms. The van der Waals surface area contributed by atoms with Crippen LogP contribution < -0.4 is 14.2 Å². The van der Waals surface area contributed by atoms with Gasteiger partial charge in [0.1, 0.15) is 6.04 Å². The molecule has 2 aliphatic rings. The van der Waals surface area contributed by atoms with Crippen molar-refractivity contribution in [2.24, 2.45) is 0 Å². The van der Waals surface area contributed by atoms with Crippen molar-refractivity contribution in [3.63, 3.8) is 0 Å². The van der Waals surface area contributed by atoms with Gasteiger partial charge in [0.2, 0.25) is 5.75 Å². The second kappa shape index (κ2) is 6.46. The summed E-state index contributed by atoms with van der Waals surface area (Å²) in [7, 11) is 6.14. The molecule has 0 fully saturated rings. The number of hydrogen-bond acceptors (Lipinski definition) is 6. The maximum Gasteiger partial charge on any atom is 0.203 e. The van der Waals surface area contributed by atoms with Gasteiger partial charge in [-0.25, -0.2) is 0 Å². The van der Waals surface area contributed by atoms with Crippen LogP contribution in [0, 0.1) is 5.21 Å². The van der Waals surface area contributed by atoms with Crippen LogP contribution in [0.25, 0.3) is 11.1 Å². The van der Waals surface area contributed by atoms with Crippen molar-refractivity contribution in [1.82, 2.24) is 0 Å². The van der Waals surface area contributed by atoms with Crippen molar-refractivity contribution in [1.29, 1.82) is 0 Å². The van der Waals surface area contributed by atoms with Crippen molar-refractivity contribution in [3.05, 3.63) is 34.0 Å². The summed E-state index contributed by atoms with van der Waals surface area (Å²) in [5.74, 6) is 0.842. The van der Waals surface area contributed by atoms with Gasteiger partial charge < -0.3 is 34.3 Å². The molecule has 2 aromatic carbocycles. The Morgan fingerprint density at radius 1 is 0.964 bits per heavy atom. The summed E-state index contributed by atoms with van der Waals surface area (Å²) in [4.78, 5) is 0. The van der Waals surface area contributed by atoms with Crippen molar-refractivity contribution >= 4 is 0 Å². The quantitative estimate of drug-likeness (QED) is 0.620. The maximum atomic E-state index is 13.3. The second-order valence-electron chi connectivity index (χ2n) is 7.57. The van der Waals surface area contributed by atoms with Crippen molar-refractivity contribution in [2.45, 2.75) is 25.3 Å². The van der Waals surface area contributed by atoms with Crippen molar-refractivity contribution < 1.29 is 29.1 Å². The number of hydroxylamine groups is 3. The van der Waals surface area contributed by atoms with Gasteiger partial charge in [-0.05, 0) is 29.7 Å². The summed E-state index contributed by atoms with van der Waals surface area (Å²) < 4.78 is 16.0. The molecule has 0 aromatic heterocycles. The topological polar surface area (TPSA) is 91.2 Å². The Kier molecular flexibility index (Phi) is 4.32. The first-order chi connectivity index (χ1) is 13.3. The Balaban J connectivity index is 2.15. The van der Waals surface area contributed by atoms with Crippen LogP contribution in [0.1, 0.15) is 29.2 Å². The highest BCUT2D eigenvalue weighted by atomic mass is 16.5. The zero-order valence-corrected chi connectivity index (χ0v) is 16.5. The summed E-state index contributed by atoms with van der Waals surface area (Å²) in [6.45, 7) is 0.465. The van der Waals surface area contributed by atoms with E-state index >= 15 is 0 Å². The molecule has 0 saturated heterocycles. The van der Waals surface area contributed by atoms with E-state index < -0.39 is 4.65 Å². The van der Waals surface area contributed by atoms with Gasteiger partial charge in [-0.2, -0.15) is 0 Å². The number of aryl methyl sites for hydroxylation is 1. The van der Waals surface area contributed by atoms with Crippen molar-refractivity contribution in [2.75, 3.05) is 34.9 Å². The lowest BCUT2D eigenvalue weighted by Gasteiger charge is -2.49. The highest BCUT2D eigenvalue weighted by Gasteiger charge is 2.41. The van der Waals surface area contributed by atoms with E-state index in [4.69, 9.17) is 14.2 Å². The van der Waals surface area contributed by atoms with E-state index in [1.54, 1.807) is 13.1 Å². The first-order valence-electron chi connectivity index (χ1n) is 9.30. The van der Waals surface area contributed by atoms with Gasteiger partial charge >= 0.3 is 0 Å². The highest BCUT2D eigenvalue weighted by molar-refractivity contribution is 5.88. The molecule has 7 heteroatoms. The SMILES string of the molecule is COc1cc2c3c(c1O)-c1c(cc(O)c(OC)c1OC)CC[C@@H]3[N+](C)([O-])CC2. The number of nitrogens with zero attached hydrogens (tertiary/aromatic N) is 1. The van der Waals surface area contributed by atoms with Crippen LogP contribution in [0.15, 0.2) is 12.1 Å². The Bertz CT molecular complexity index is 953. The summed E-state index contributed by atoms with van der Waals surface area (Å²) in [6, 6.07) is 3.14. The minimum Gasteiger partial charge on any atom is -0.633 e. The third-order valence-corrected chi connectivity index (χ3v) is 6.07. The van der Waals surface area contributed by atoms with Gasteiger partial charge in [-0.1, -0.05) is 0 Å². The lowest BCUT2D eigenvalue weighted by molar-refractivity contribution is -0.895. The van der Waals surface area contributed by atoms with E-state index in [0.717, 1.165) is 16.7 Å². The number of aromatic hydroxyl groups is 2. The molecule has 0 amide bonds. The molecule has 1 aliphatic heterocycles. The van der Waals surface area contributed by atoms with Gasteiger partial charge in [0.25, 0.3) is 0 Å². The Labute approximate surface area is 163 Å². The summed E-state index contributed by atoms with van der Waals surface area (Å²) in [5.41, 5.74) is 3.83. The molecule has 28 heavy (non-hydrogen) atoms. The summed E-state index contributed by atoms with van der Waals surface area (Å²) in [6.07, 6.45) is 1.77. The van der Waals surface area contributed by atoms with E-state index in [1.165, 1.54) is 21.3 Å². The van der Waals surface area contributed by atoms with Gasteiger partial charge in [-0.15, -0.1) is 0 Å². The number of hydrogen-bond donors (Lipinski definition) is 2. The van der Waals surface area contributed by atoms with Gasteiger partial charge in [0.05, 0.1) is 34.9 Å². The second-order valence-corrected chi connectivity index (χ2v) is 7.57. The van der Waals surface area contributed by atoms with E-state index in [2.05, 4.69) is 0 Å². The average molecular weight is 387 g/mol. The molecular formula is C21H25NO6. The Morgan fingerprint density at radius 2 is 1.68 bits per heavy atom. The zero-order valence-electron chi connectivity index (χ0n) is 16.5. The molecule has 150 valence electrons. The van der Waals surface area contributed by atoms with E-state index in [9.17, 15) is 15.4 Å². The van der Waals surface area contributed by atoms with Gasteiger partial charge in [-0.3, -0.25) is 0 Å². The van der Waals surface area contributed by atoms with Crippen LogP contribution in [-0.2, 0) is 12.8 Å². The first kappa shape index (κ1) is 18.7. The van der Waals surface area contributed by atoms with Gasteiger partial charge in [0.15, 0.2) is 23.0 Å². The molecule has 1 heterocycles. The number of benzene rings is 2.